The van der Waals surface area contributed by atoms with E-state index in [1.165, 1.54) is 0 Å². The molecule has 0 aliphatic carbocycles. The highest BCUT2D eigenvalue weighted by Crippen LogP contribution is 2.53. The predicted octanol–water partition coefficient (Wildman–Crippen LogP) is 4.66. The predicted molar refractivity (Wildman–Crippen MR) is 69.4 cm³/mol. The van der Waals surface area contributed by atoms with Crippen molar-refractivity contribution in [2.24, 2.45) is 0 Å². The van der Waals surface area contributed by atoms with Gasteiger partial charge in [0, 0.05) is 0 Å². The second kappa shape index (κ2) is 5.51. The van der Waals surface area contributed by atoms with Crippen LogP contribution in [0.5, 0.6) is 0 Å². The largest absolute Gasteiger partial charge is 0.236 e. The molecule has 0 aromatic heterocycles. The van der Waals surface area contributed by atoms with E-state index in [4.69, 9.17) is 58.0 Å². The fourth-order valence-electron chi connectivity index (χ4n) is 1.31. The second-order valence-corrected chi connectivity index (χ2v) is 6.79. The summed E-state index contributed by atoms with van der Waals surface area (Å²) < 4.78 is -3.54. The van der Waals surface area contributed by atoms with Crippen LogP contribution >= 0.6 is 58.0 Å². The topological polar surface area (TPSA) is 19.9 Å². The minimum atomic E-state index is -1.87. The SMILES string of the molecule is [O]CCc1ccccc1C(Cl)(Cl)C(Cl)(Cl)Cl. The second-order valence-electron chi connectivity index (χ2n) is 3.18. The molecule has 89 valence electrons. The fraction of sp³-hybridized carbons (Fsp3) is 0.400. The van der Waals surface area contributed by atoms with E-state index in [0.717, 1.165) is 0 Å². The Balaban J connectivity index is 3.21. The van der Waals surface area contributed by atoms with E-state index >= 15 is 0 Å². The molecule has 1 radical (unpaired) electrons. The van der Waals surface area contributed by atoms with Crippen LogP contribution in [0.4, 0.5) is 0 Å². The van der Waals surface area contributed by atoms with Gasteiger partial charge in [-0.1, -0.05) is 82.3 Å². The van der Waals surface area contributed by atoms with Crippen molar-refractivity contribution in [2.45, 2.75) is 14.5 Å². The summed E-state index contributed by atoms with van der Waals surface area (Å²) in [7, 11) is 0. The van der Waals surface area contributed by atoms with Crippen LogP contribution in [0, 0.1) is 0 Å². The third kappa shape index (κ3) is 3.10. The minimum absolute atomic E-state index is 0.277. The molecule has 0 aliphatic heterocycles. The lowest BCUT2D eigenvalue weighted by molar-refractivity contribution is 0.197. The van der Waals surface area contributed by atoms with Crippen molar-refractivity contribution in [3.63, 3.8) is 0 Å². The smallest absolute Gasteiger partial charge is 0.227 e. The van der Waals surface area contributed by atoms with Crippen molar-refractivity contribution >= 4 is 58.0 Å². The van der Waals surface area contributed by atoms with E-state index < -0.39 is 8.13 Å². The Hall–Kier alpha value is 0.630. The molecule has 0 bridgehead atoms. The van der Waals surface area contributed by atoms with E-state index in [0.29, 0.717) is 11.1 Å². The van der Waals surface area contributed by atoms with Crippen molar-refractivity contribution in [1.82, 2.24) is 0 Å². The molecular weight excluding hydrogens is 313 g/mol. The molecular formula is C10H8Cl5O. The normalized spacial score (nSPS) is 12.9. The highest BCUT2D eigenvalue weighted by Gasteiger charge is 2.48. The number of rotatable bonds is 3. The molecule has 0 unspecified atom stereocenters. The Labute approximate surface area is 119 Å². The molecule has 0 aliphatic rings. The van der Waals surface area contributed by atoms with Gasteiger partial charge in [-0.05, 0) is 17.5 Å². The molecule has 1 aromatic carbocycles. The van der Waals surface area contributed by atoms with Gasteiger partial charge in [-0.15, -0.1) is 0 Å². The maximum absolute atomic E-state index is 10.6. The van der Waals surface area contributed by atoms with Gasteiger partial charge in [0.1, 0.15) is 0 Å². The monoisotopic (exact) mass is 319 g/mol. The van der Waals surface area contributed by atoms with Gasteiger partial charge >= 0.3 is 0 Å². The van der Waals surface area contributed by atoms with Gasteiger partial charge in [-0.25, -0.2) is 5.11 Å². The van der Waals surface area contributed by atoms with Gasteiger partial charge in [0.2, 0.25) is 3.79 Å². The van der Waals surface area contributed by atoms with E-state index in [2.05, 4.69) is 0 Å². The molecule has 0 amide bonds. The summed E-state index contributed by atoms with van der Waals surface area (Å²) >= 11 is 29.3. The molecule has 1 rings (SSSR count). The van der Waals surface area contributed by atoms with Gasteiger partial charge in [-0.2, -0.15) is 0 Å². The maximum Gasteiger partial charge on any atom is 0.227 e. The molecule has 0 heterocycles. The summed E-state index contributed by atoms with van der Waals surface area (Å²) in [5, 5.41) is 10.6. The molecule has 16 heavy (non-hydrogen) atoms. The summed E-state index contributed by atoms with van der Waals surface area (Å²) in [5.41, 5.74) is 1.14. The number of halogens is 5. The zero-order valence-corrected chi connectivity index (χ0v) is 11.8. The molecule has 6 heteroatoms. The van der Waals surface area contributed by atoms with Crippen LogP contribution in [0.3, 0.4) is 0 Å². The van der Waals surface area contributed by atoms with Crippen LogP contribution in [0.1, 0.15) is 11.1 Å². The number of benzene rings is 1. The third-order valence-electron chi connectivity index (χ3n) is 2.08. The molecule has 0 saturated carbocycles. The molecule has 0 atom stereocenters. The molecule has 0 fully saturated rings. The minimum Gasteiger partial charge on any atom is -0.236 e. The van der Waals surface area contributed by atoms with Crippen molar-refractivity contribution in [1.29, 1.82) is 0 Å². The van der Waals surface area contributed by atoms with Gasteiger partial charge < -0.3 is 0 Å². The maximum atomic E-state index is 10.6. The number of hydrogen-bond donors (Lipinski definition) is 0. The van der Waals surface area contributed by atoms with Crippen molar-refractivity contribution in [3.05, 3.63) is 35.4 Å². The molecule has 0 N–H and O–H groups in total. The van der Waals surface area contributed by atoms with E-state index in [-0.39, 0.29) is 13.0 Å². The van der Waals surface area contributed by atoms with Crippen molar-refractivity contribution in [2.75, 3.05) is 6.61 Å². The molecule has 0 saturated heterocycles. The standard InChI is InChI=1S/C10H8Cl5O/c11-9(12,10(13,14)15)8-4-2-1-3-7(8)5-6-16/h1-4H,5-6H2. The quantitative estimate of drug-likeness (QED) is 0.722. The molecule has 1 aromatic rings. The summed E-state index contributed by atoms with van der Waals surface area (Å²) in [6.07, 6.45) is 0.290. The van der Waals surface area contributed by atoms with Crippen LogP contribution in [-0.2, 0) is 15.9 Å². The van der Waals surface area contributed by atoms with Gasteiger partial charge in [0.25, 0.3) is 0 Å². The zero-order chi connectivity index (χ0) is 12.4. The summed E-state index contributed by atoms with van der Waals surface area (Å²) in [4.78, 5) is 0. The zero-order valence-electron chi connectivity index (χ0n) is 8.02. The lowest BCUT2D eigenvalue weighted by Crippen LogP contribution is -2.29. The lowest BCUT2D eigenvalue weighted by Gasteiger charge is -2.29. The summed E-state index contributed by atoms with van der Waals surface area (Å²) in [6, 6.07) is 6.88. The lowest BCUT2D eigenvalue weighted by atomic mass is 10.0. The van der Waals surface area contributed by atoms with Crippen LogP contribution in [-0.4, -0.2) is 10.4 Å². The van der Waals surface area contributed by atoms with Gasteiger partial charge in [0.15, 0.2) is 4.33 Å². The first-order valence-electron chi connectivity index (χ1n) is 4.41. The Bertz CT molecular complexity index is 358. The first-order chi connectivity index (χ1) is 7.30. The summed E-state index contributed by atoms with van der Waals surface area (Å²) in [6.45, 7) is -0.277. The van der Waals surface area contributed by atoms with E-state index in [9.17, 15) is 5.11 Å². The average Bonchev–Trinajstić information content (AvgIpc) is 2.17. The Kier molecular flexibility index (Phi) is 5.06. The van der Waals surface area contributed by atoms with Crippen LogP contribution in [0.25, 0.3) is 0 Å². The number of alkyl halides is 5. The van der Waals surface area contributed by atoms with Crippen molar-refractivity contribution < 1.29 is 5.11 Å². The number of hydrogen-bond acceptors (Lipinski definition) is 0. The highest BCUT2D eigenvalue weighted by molar-refractivity contribution is 6.75. The van der Waals surface area contributed by atoms with E-state index in [1.807, 2.05) is 0 Å². The van der Waals surface area contributed by atoms with E-state index in [1.54, 1.807) is 24.3 Å². The Morgan fingerprint density at radius 3 is 2.06 bits per heavy atom. The third-order valence-corrected chi connectivity index (χ3v) is 4.49. The van der Waals surface area contributed by atoms with Crippen LogP contribution < -0.4 is 0 Å². The highest BCUT2D eigenvalue weighted by atomic mass is 35.6. The molecule has 1 nitrogen and oxygen atoms in total. The fourth-order valence-corrected chi connectivity index (χ4v) is 1.98. The average molecular weight is 321 g/mol. The summed E-state index contributed by atoms with van der Waals surface area (Å²) in [5.74, 6) is 0. The Morgan fingerprint density at radius 1 is 1.00 bits per heavy atom. The first-order valence-corrected chi connectivity index (χ1v) is 6.30. The van der Waals surface area contributed by atoms with Gasteiger partial charge in [-0.3, -0.25) is 0 Å². The van der Waals surface area contributed by atoms with Crippen molar-refractivity contribution in [3.8, 4) is 0 Å². The first kappa shape index (κ1) is 14.7. The Morgan fingerprint density at radius 2 is 1.56 bits per heavy atom. The van der Waals surface area contributed by atoms with Gasteiger partial charge in [0.05, 0.1) is 6.61 Å². The molecule has 0 spiro atoms. The van der Waals surface area contributed by atoms with Crippen LogP contribution in [0.2, 0.25) is 0 Å². The van der Waals surface area contributed by atoms with Crippen LogP contribution in [0.15, 0.2) is 24.3 Å².